The maximum Gasteiger partial charge on any atom is 0.227 e. The third-order valence-electron chi connectivity index (χ3n) is 5.83. The minimum Gasteiger partial charge on any atom is -0.341 e. The minimum absolute atomic E-state index is 0.139. The van der Waals surface area contributed by atoms with Gasteiger partial charge in [0.2, 0.25) is 5.91 Å². The van der Waals surface area contributed by atoms with Crippen molar-refractivity contribution in [3.8, 4) is 0 Å². The van der Waals surface area contributed by atoms with Crippen LogP contribution >= 0.6 is 35.8 Å². The van der Waals surface area contributed by atoms with Gasteiger partial charge >= 0.3 is 0 Å². The first-order valence-corrected chi connectivity index (χ1v) is 10.8. The molecule has 3 unspecified atom stereocenters. The molecule has 2 aliphatic rings. The molecule has 1 aliphatic carbocycles. The summed E-state index contributed by atoms with van der Waals surface area (Å²) in [7, 11) is 1.96. The molecule has 0 bridgehead atoms. The van der Waals surface area contributed by atoms with Gasteiger partial charge in [-0.15, -0.1) is 0 Å². The lowest BCUT2D eigenvalue weighted by molar-refractivity contribution is -0.132. The van der Waals surface area contributed by atoms with Crippen molar-refractivity contribution in [3.63, 3.8) is 0 Å². The van der Waals surface area contributed by atoms with Gasteiger partial charge in [0.05, 0.1) is 16.5 Å². The van der Waals surface area contributed by atoms with E-state index in [1.807, 2.05) is 18.0 Å². The largest absolute Gasteiger partial charge is 0.341 e. The summed E-state index contributed by atoms with van der Waals surface area (Å²) in [6.07, 6.45) is 7.36. The average Bonchev–Trinajstić information content (AvgIpc) is 3.07. The number of carbonyl (C=O) groups is 1. The van der Waals surface area contributed by atoms with Crippen LogP contribution in [0, 0.1) is 0 Å². The Morgan fingerprint density at radius 2 is 1.92 bits per heavy atom. The number of carbonyl (C=O) groups excluding carboxylic acids is 1. The van der Waals surface area contributed by atoms with E-state index in [4.69, 9.17) is 35.8 Å². The first kappa shape index (κ1) is 20.3. The molecule has 0 spiro atoms. The predicted molar refractivity (Wildman–Crippen MR) is 113 cm³/mol. The Balaban J connectivity index is 1.73. The predicted octanol–water partition coefficient (Wildman–Crippen LogP) is 4.70. The van der Waals surface area contributed by atoms with Crippen LogP contribution < -0.4 is 0 Å². The van der Waals surface area contributed by atoms with Gasteiger partial charge < -0.3 is 4.90 Å². The summed E-state index contributed by atoms with van der Waals surface area (Å²) in [5.74, 6) is 0.139. The molecule has 0 aromatic heterocycles. The third-order valence-corrected chi connectivity index (χ3v) is 7.04. The number of likely N-dealkylation sites (N-methyl/N-ethyl adjacent to an activating group) is 1. The van der Waals surface area contributed by atoms with E-state index in [-0.39, 0.29) is 11.9 Å². The van der Waals surface area contributed by atoms with E-state index in [1.54, 1.807) is 12.1 Å². The van der Waals surface area contributed by atoms with Crippen LogP contribution in [0.3, 0.4) is 0 Å². The Labute approximate surface area is 172 Å². The number of rotatable bonds is 4. The van der Waals surface area contributed by atoms with Crippen molar-refractivity contribution in [3.05, 3.63) is 33.8 Å². The molecule has 3 nitrogen and oxygen atoms in total. The standard InChI is InChI=1S/C20H28Cl2N2OS/c1-23(20(25)12-14-7-8-16(21)17(22)11-14)19-13-15(26)5-4-6-18(19)24-9-2-3-10-24/h7-8,11,15,18-19,26H,2-6,9-10,12-13H2,1H3. The molecule has 1 heterocycles. The molecule has 1 saturated carbocycles. The number of amides is 1. The van der Waals surface area contributed by atoms with Crippen LogP contribution in [-0.4, -0.2) is 53.2 Å². The van der Waals surface area contributed by atoms with Crippen LogP contribution in [0.1, 0.15) is 44.1 Å². The van der Waals surface area contributed by atoms with Gasteiger partial charge in [-0.05, 0) is 62.9 Å². The lowest BCUT2D eigenvalue weighted by Gasteiger charge is -2.39. The number of thiol groups is 1. The highest BCUT2D eigenvalue weighted by Gasteiger charge is 2.36. The first-order chi connectivity index (χ1) is 12.5. The quantitative estimate of drug-likeness (QED) is 0.569. The average molecular weight is 415 g/mol. The molecular formula is C20H28Cl2N2OS. The molecule has 1 amide bonds. The van der Waals surface area contributed by atoms with Crippen molar-refractivity contribution in [2.75, 3.05) is 20.1 Å². The molecule has 1 aromatic rings. The lowest BCUT2D eigenvalue weighted by Crippen LogP contribution is -2.52. The molecule has 1 aliphatic heterocycles. The van der Waals surface area contributed by atoms with Crippen LogP contribution in [0.5, 0.6) is 0 Å². The maximum absolute atomic E-state index is 13.0. The second-order valence-corrected chi connectivity index (χ2v) is 9.17. The Kier molecular flexibility index (Phi) is 7.18. The first-order valence-electron chi connectivity index (χ1n) is 9.57. The van der Waals surface area contributed by atoms with Gasteiger partial charge in [-0.3, -0.25) is 9.69 Å². The molecule has 3 atom stereocenters. The number of nitrogens with zero attached hydrogens (tertiary/aromatic N) is 2. The Morgan fingerprint density at radius 1 is 1.19 bits per heavy atom. The minimum atomic E-state index is 0.139. The highest BCUT2D eigenvalue weighted by molar-refractivity contribution is 7.80. The molecule has 0 radical (unpaired) electrons. The summed E-state index contributed by atoms with van der Waals surface area (Å²) in [6.45, 7) is 2.32. The van der Waals surface area contributed by atoms with Crippen LogP contribution in [0.4, 0.5) is 0 Å². The van der Waals surface area contributed by atoms with Gasteiger partial charge in [0.15, 0.2) is 0 Å². The van der Waals surface area contributed by atoms with E-state index in [0.717, 1.165) is 37.9 Å². The van der Waals surface area contributed by atoms with E-state index in [2.05, 4.69) is 4.90 Å². The second kappa shape index (κ2) is 9.18. The van der Waals surface area contributed by atoms with Crippen molar-refractivity contribution < 1.29 is 4.79 Å². The molecule has 26 heavy (non-hydrogen) atoms. The highest BCUT2D eigenvalue weighted by Crippen LogP contribution is 2.31. The van der Waals surface area contributed by atoms with E-state index >= 15 is 0 Å². The SMILES string of the molecule is CN(C(=O)Cc1ccc(Cl)c(Cl)c1)C1CC(S)CCCC1N1CCCC1. The van der Waals surface area contributed by atoms with Crippen molar-refractivity contribution in [2.24, 2.45) is 0 Å². The van der Waals surface area contributed by atoms with Crippen molar-refractivity contribution in [1.29, 1.82) is 0 Å². The van der Waals surface area contributed by atoms with Gasteiger partial charge in [0.25, 0.3) is 0 Å². The van der Waals surface area contributed by atoms with E-state index in [9.17, 15) is 4.79 Å². The Hall–Kier alpha value is -0.420. The Morgan fingerprint density at radius 3 is 2.62 bits per heavy atom. The third kappa shape index (κ3) is 4.89. The molecule has 1 aromatic carbocycles. The summed E-state index contributed by atoms with van der Waals surface area (Å²) in [4.78, 5) is 17.6. The van der Waals surface area contributed by atoms with Crippen LogP contribution in [0.15, 0.2) is 18.2 Å². The molecule has 3 rings (SSSR count). The zero-order chi connectivity index (χ0) is 18.7. The van der Waals surface area contributed by atoms with Crippen molar-refractivity contribution in [1.82, 2.24) is 9.80 Å². The van der Waals surface area contributed by atoms with Gasteiger partial charge in [0, 0.05) is 24.4 Å². The molecule has 144 valence electrons. The van der Waals surface area contributed by atoms with Gasteiger partial charge in [-0.25, -0.2) is 0 Å². The summed E-state index contributed by atoms with van der Waals surface area (Å²) in [5, 5.41) is 1.39. The number of halogens is 2. The fourth-order valence-electron chi connectivity index (χ4n) is 4.36. The lowest BCUT2D eigenvalue weighted by atomic mass is 9.99. The van der Waals surface area contributed by atoms with E-state index in [1.165, 1.54) is 19.3 Å². The summed E-state index contributed by atoms with van der Waals surface area (Å²) in [5.41, 5.74) is 0.907. The maximum atomic E-state index is 13.0. The summed E-state index contributed by atoms with van der Waals surface area (Å²) in [6, 6.07) is 6.12. The Bertz CT molecular complexity index is 636. The molecule has 6 heteroatoms. The fourth-order valence-corrected chi connectivity index (χ4v) is 5.08. The monoisotopic (exact) mass is 414 g/mol. The van der Waals surface area contributed by atoms with Crippen LogP contribution in [0.25, 0.3) is 0 Å². The molecule has 0 N–H and O–H groups in total. The van der Waals surface area contributed by atoms with E-state index in [0.29, 0.717) is 27.8 Å². The van der Waals surface area contributed by atoms with Crippen molar-refractivity contribution in [2.45, 2.75) is 62.3 Å². The highest BCUT2D eigenvalue weighted by atomic mass is 35.5. The number of hydrogen-bond donors (Lipinski definition) is 1. The number of benzene rings is 1. The van der Waals surface area contributed by atoms with Gasteiger partial charge in [-0.1, -0.05) is 35.7 Å². The van der Waals surface area contributed by atoms with Crippen LogP contribution in [0.2, 0.25) is 10.0 Å². The summed E-state index contributed by atoms with van der Waals surface area (Å²) < 4.78 is 0. The van der Waals surface area contributed by atoms with E-state index < -0.39 is 0 Å². The fraction of sp³-hybridized carbons (Fsp3) is 0.650. The van der Waals surface area contributed by atoms with Gasteiger partial charge in [-0.2, -0.15) is 12.6 Å². The van der Waals surface area contributed by atoms with Crippen molar-refractivity contribution >= 4 is 41.7 Å². The summed E-state index contributed by atoms with van der Waals surface area (Å²) >= 11 is 16.9. The number of likely N-dealkylation sites (tertiary alicyclic amines) is 1. The smallest absolute Gasteiger partial charge is 0.227 e. The zero-order valence-corrected chi connectivity index (χ0v) is 17.7. The number of hydrogen-bond acceptors (Lipinski definition) is 3. The molecule has 1 saturated heterocycles. The normalized spacial score (nSPS) is 27.3. The second-order valence-electron chi connectivity index (χ2n) is 7.63. The zero-order valence-electron chi connectivity index (χ0n) is 15.3. The van der Waals surface area contributed by atoms with Gasteiger partial charge in [0.1, 0.15) is 0 Å². The topological polar surface area (TPSA) is 23.6 Å². The molecule has 2 fully saturated rings. The molecular weight excluding hydrogens is 387 g/mol. The van der Waals surface area contributed by atoms with Crippen LogP contribution in [-0.2, 0) is 11.2 Å².